The average molecular weight is 341 g/mol. The molecule has 110 valence electrons. The van der Waals surface area contributed by atoms with Gasteiger partial charge in [-0.15, -0.1) is 0 Å². The highest BCUT2D eigenvalue weighted by molar-refractivity contribution is 9.10. The molecule has 5 heteroatoms. The molecule has 2 atom stereocenters. The Kier molecular flexibility index (Phi) is 5.43. The zero-order valence-electron chi connectivity index (χ0n) is 11.9. The maximum atomic E-state index is 12.2. The third-order valence-electron chi connectivity index (χ3n) is 3.66. The lowest BCUT2D eigenvalue weighted by Crippen LogP contribution is -2.47. The Morgan fingerprint density at radius 1 is 1.50 bits per heavy atom. The molecule has 0 bridgehead atoms. The normalized spacial score (nSPS) is 20.2. The second-order valence-corrected chi connectivity index (χ2v) is 5.98. The van der Waals surface area contributed by atoms with Crippen LogP contribution in [0.25, 0.3) is 0 Å². The lowest BCUT2D eigenvalue weighted by molar-refractivity contribution is -0.124. The minimum Gasteiger partial charge on any atom is -0.496 e. The average Bonchev–Trinajstić information content (AvgIpc) is 2.48. The Morgan fingerprint density at radius 3 is 2.90 bits per heavy atom. The van der Waals surface area contributed by atoms with Gasteiger partial charge in [0.05, 0.1) is 23.7 Å². The maximum absolute atomic E-state index is 12.2. The molecular weight excluding hydrogens is 320 g/mol. The van der Waals surface area contributed by atoms with Crippen LogP contribution in [-0.4, -0.2) is 25.6 Å². The van der Waals surface area contributed by atoms with Crippen molar-refractivity contribution in [3.63, 3.8) is 0 Å². The number of nitrogens with one attached hydrogen (secondary N) is 2. The number of piperidine rings is 1. The van der Waals surface area contributed by atoms with Gasteiger partial charge in [-0.3, -0.25) is 4.79 Å². The summed E-state index contributed by atoms with van der Waals surface area (Å²) in [5, 5.41) is 6.33. The van der Waals surface area contributed by atoms with E-state index in [4.69, 9.17) is 4.74 Å². The van der Waals surface area contributed by atoms with Crippen LogP contribution in [0.5, 0.6) is 5.75 Å². The molecule has 2 N–H and O–H groups in total. The van der Waals surface area contributed by atoms with Crippen LogP contribution in [0.1, 0.15) is 37.8 Å². The van der Waals surface area contributed by atoms with Gasteiger partial charge in [-0.05, 0) is 59.9 Å². The molecule has 4 nitrogen and oxygen atoms in total. The molecule has 1 aromatic carbocycles. The number of amides is 1. The number of benzene rings is 1. The van der Waals surface area contributed by atoms with Gasteiger partial charge in [-0.2, -0.15) is 0 Å². The molecule has 0 aliphatic carbocycles. The fourth-order valence-electron chi connectivity index (χ4n) is 2.42. The number of methoxy groups -OCH3 is 1. The monoisotopic (exact) mass is 340 g/mol. The molecule has 1 aliphatic rings. The smallest absolute Gasteiger partial charge is 0.237 e. The Balaban J connectivity index is 1.98. The molecule has 0 saturated carbocycles. The van der Waals surface area contributed by atoms with Crippen LogP contribution < -0.4 is 15.4 Å². The van der Waals surface area contributed by atoms with E-state index >= 15 is 0 Å². The van der Waals surface area contributed by atoms with E-state index in [-0.39, 0.29) is 18.0 Å². The van der Waals surface area contributed by atoms with Crippen molar-refractivity contribution in [1.82, 2.24) is 10.6 Å². The van der Waals surface area contributed by atoms with Crippen LogP contribution in [-0.2, 0) is 4.79 Å². The molecule has 1 heterocycles. The van der Waals surface area contributed by atoms with Gasteiger partial charge in [0, 0.05) is 0 Å². The fraction of sp³-hybridized carbons (Fsp3) is 0.533. The van der Waals surface area contributed by atoms with Gasteiger partial charge in [0.15, 0.2) is 0 Å². The first-order valence-corrected chi connectivity index (χ1v) is 7.78. The Hall–Kier alpha value is -1.07. The molecule has 1 amide bonds. The van der Waals surface area contributed by atoms with Crippen molar-refractivity contribution < 1.29 is 9.53 Å². The fourth-order valence-corrected chi connectivity index (χ4v) is 2.98. The first kappa shape index (κ1) is 15.3. The first-order valence-electron chi connectivity index (χ1n) is 6.99. The highest BCUT2D eigenvalue weighted by Crippen LogP contribution is 2.28. The van der Waals surface area contributed by atoms with Gasteiger partial charge in [-0.25, -0.2) is 0 Å². The van der Waals surface area contributed by atoms with Crippen molar-refractivity contribution in [3.8, 4) is 5.75 Å². The third-order valence-corrected chi connectivity index (χ3v) is 4.28. The van der Waals surface area contributed by atoms with Crippen LogP contribution in [0.3, 0.4) is 0 Å². The standard InChI is InChI=1S/C15H21BrN2O2/c1-10(11-6-7-14(20-2)12(16)9-11)18-15(19)13-5-3-4-8-17-13/h6-7,9-10,13,17H,3-5,8H2,1-2H3,(H,18,19)/t10?,13-/m0/s1. The van der Waals surface area contributed by atoms with Gasteiger partial charge in [0.1, 0.15) is 5.75 Å². The minimum atomic E-state index is -0.0483. The molecular formula is C15H21BrN2O2. The maximum Gasteiger partial charge on any atom is 0.237 e. The lowest BCUT2D eigenvalue weighted by atomic mass is 10.0. The van der Waals surface area contributed by atoms with Gasteiger partial charge in [-0.1, -0.05) is 12.5 Å². The molecule has 1 saturated heterocycles. The van der Waals surface area contributed by atoms with Crippen molar-refractivity contribution in [3.05, 3.63) is 28.2 Å². The van der Waals surface area contributed by atoms with E-state index < -0.39 is 0 Å². The van der Waals surface area contributed by atoms with Crippen molar-refractivity contribution in [2.45, 2.75) is 38.3 Å². The first-order chi connectivity index (χ1) is 9.61. The molecule has 2 rings (SSSR count). The van der Waals surface area contributed by atoms with E-state index in [2.05, 4.69) is 26.6 Å². The summed E-state index contributed by atoms with van der Waals surface area (Å²) in [6, 6.07) is 5.79. The molecule has 0 radical (unpaired) electrons. The van der Waals surface area contributed by atoms with E-state index in [1.54, 1.807) is 7.11 Å². The van der Waals surface area contributed by atoms with Crippen LogP contribution in [0.15, 0.2) is 22.7 Å². The van der Waals surface area contributed by atoms with E-state index in [1.165, 1.54) is 0 Å². The zero-order chi connectivity index (χ0) is 14.5. The molecule has 1 unspecified atom stereocenters. The van der Waals surface area contributed by atoms with Crippen molar-refractivity contribution in [2.75, 3.05) is 13.7 Å². The molecule has 1 aromatic rings. The number of ether oxygens (including phenoxy) is 1. The van der Waals surface area contributed by atoms with E-state index in [0.717, 1.165) is 41.6 Å². The molecule has 0 spiro atoms. The Labute approximate surface area is 128 Å². The van der Waals surface area contributed by atoms with Crippen LogP contribution in [0.2, 0.25) is 0 Å². The van der Waals surface area contributed by atoms with Gasteiger partial charge in [0.2, 0.25) is 5.91 Å². The SMILES string of the molecule is COc1ccc(C(C)NC(=O)[C@@H]2CCCCN2)cc1Br. The molecule has 0 aromatic heterocycles. The summed E-state index contributed by atoms with van der Waals surface area (Å²) in [6.45, 7) is 2.93. The number of carbonyl (C=O) groups excluding carboxylic acids is 1. The second kappa shape index (κ2) is 7.09. The van der Waals surface area contributed by atoms with Crippen molar-refractivity contribution in [2.24, 2.45) is 0 Å². The van der Waals surface area contributed by atoms with E-state index in [1.807, 2.05) is 25.1 Å². The number of hydrogen-bond donors (Lipinski definition) is 2. The van der Waals surface area contributed by atoms with Crippen LogP contribution >= 0.6 is 15.9 Å². The second-order valence-electron chi connectivity index (χ2n) is 5.13. The predicted octanol–water partition coefficient (Wildman–Crippen LogP) is 2.78. The van der Waals surface area contributed by atoms with Gasteiger partial charge >= 0.3 is 0 Å². The Morgan fingerprint density at radius 2 is 2.30 bits per heavy atom. The van der Waals surface area contributed by atoms with E-state index in [9.17, 15) is 4.79 Å². The largest absolute Gasteiger partial charge is 0.496 e. The van der Waals surface area contributed by atoms with Crippen LogP contribution in [0, 0.1) is 0 Å². The topological polar surface area (TPSA) is 50.4 Å². The number of carbonyl (C=O) groups is 1. The molecule has 1 fully saturated rings. The summed E-state index contributed by atoms with van der Waals surface area (Å²) in [6.07, 6.45) is 3.20. The van der Waals surface area contributed by atoms with Crippen molar-refractivity contribution >= 4 is 21.8 Å². The van der Waals surface area contributed by atoms with Crippen molar-refractivity contribution in [1.29, 1.82) is 0 Å². The predicted molar refractivity (Wildman–Crippen MR) is 82.9 cm³/mol. The van der Waals surface area contributed by atoms with E-state index in [0.29, 0.717) is 0 Å². The minimum absolute atomic E-state index is 0.0200. The quantitative estimate of drug-likeness (QED) is 0.885. The molecule has 1 aliphatic heterocycles. The lowest BCUT2D eigenvalue weighted by Gasteiger charge is -2.25. The number of hydrogen-bond acceptors (Lipinski definition) is 3. The highest BCUT2D eigenvalue weighted by Gasteiger charge is 2.22. The zero-order valence-corrected chi connectivity index (χ0v) is 13.5. The van der Waals surface area contributed by atoms with Crippen LogP contribution in [0.4, 0.5) is 0 Å². The summed E-state index contributed by atoms with van der Waals surface area (Å²) < 4.78 is 6.11. The molecule has 20 heavy (non-hydrogen) atoms. The Bertz CT molecular complexity index is 473. The number of halogens is 1. The highest BCUT2D eigenvalue weighted by atomic mass is 79.9. The summed E-state index contributed by atoms with van der Waals surface area (Å²) >= 11 is 3.47. The summed E-state index contributed by atoms with van der Waals surface area (Å²) in [7, 11) is 1.64. The summed E-state index contributed by atoms with van der Waals surface area (Å²) in [4.78, 5) is 12.2. The van der Waals surface area contributed by atoms with Gasteiger partial charge < -0.3 is 15.4 Å². The number of rotatable bonds is 4. The summed E-state index contributed by atoms with van der Waals surface area (Å²) in [5.41, 5.74) is 1.06. The third kappa shape index (κ3) is 3.73. The summed E-state index contributed by atoms with van der Waals surface area (Å²) in [5.74, 6) is 0.880. The van der Waals surface area contributed by atoms with Gasteiger partial charge in [0.25, 0.3) is 0 Å².